The van der Waals surface area contributed by atoms with Crippen molar-refractivity contribution in [1.29, 1.82) is 0 Å². The molecular formula is C15H22ClN3O2. The average molecular weight is 312 g/mol. The summed E-state index contributed by atoms with van der Waals surface area (Å²) in [4.78, 5) is 25.2. The van der Waals surface area contributed by atoms with Crippen molar-refractivity contribution in [3.63, 3.8) is 0 Å². The maximum Gasteiger partial charge on any atom is 0.321 e. The largest absolute Gasteiger partial charge is 0.333 e. The molecule has 0 bridgehead atoms. The second-order valence-electron chi connectivity index (χ2n) is 6.02. The Morgan fingerprint density at radius 3 is 2.43 bits per heavy atom. The fourth-order valence-electron chi connectivity index (χ4n) is 1.76. The van der Waals surface area contributed by atoms with Crippen molar-refractivity contribution in [2.75, 3.05) is 13.6 Å². The first kappa shape index (κ1) is 17.5. The monoisotopic (exact) mass is 311 g/mol. The first-order chi connectivity index (χ1) is 9.67. The Hall–Kier alpha value is -1.59. The number of benzene rings is 1. The van der Waals surface area contributed by atoms with E-state index in [1.165, 1.54) is 0 Å². The quantitative estimate of drug-likeness (QED) is 0.897. The van der Waals surface area contributed by atoms with E-state index in [-0.39, 0.29) is 18.0 Å². The smallest absolute Gasteiger partial charge is 0.321 e. The minimum atomic E-state index is -0.487. The van der Waals surface area contributed by atoms with E-state index in [1.54, 1.807) is 11.9 Å². The molecule has 0 atom stereocenters. The minimum Gasteiger partial charge on any atom is -0.333 e. The van der Waals surface area contributed by atoms with E-state index in [4.69, 9.17) is 11.6 Å². The Morgan fingerprint density at radius 2 is 1.86 bits per heavy atom. The van der Waals surface area contributed by atoms with Crippen LogP contribution in [-0.4, -0.2) is 36.0 Å². The number of carbonyl (C=O) groups is 2. The van der Waals surface area contributed by atoms with Crippen molar-refractivity contribution in [3.8, 4) is 0 Å². The predicted octanol–water partition coefficient (Wildman–Crippen LogP) is 2.40. The first-order valence-electron chi connectivity index (χ1n) is 6.71. The highest BCUT2D eigenvalue weighted by Crippen LogP contribution is 2.16. The van der Waals surface area contributed by atoms with E-state index in [0.29, 0.717) is 11.6 Å². The van der Waals surface area contributed by atoms with Gasteiger partial charge in [0, 0.05) is 17.1 Å². The number of rotatable bonds is 4. The molecule has 116 valence electrons. The van der Waals surface area contributed by atoms with Gasteiger partial charge in [0.05, 0.1) is 6.54 Å². The maximum atomic E-state index is 11.8. The Labute approximate surface area is 130 Å². The molecule has 0 aromatic heterocycles. The minimum absolute atomic E-state index is 0.114. The number of likely N-dealkylation sites (N-methyl/N-ethyl adjacent to an activating group) is 1. The van der Waals surface area contributed by atoms with Crippen molar-refractivity contribution in [3.05, 3.63) is 34.9 Å². The van der Waals surface area contributed by atoms with Crippen LogP contribution >= 0.6 is 11.6 Å². The Morgan fingerprint density at radius 1 is 1.24 bits per heavy atom. The molecule has 0 fully saturated rings. The molecule has 3 amide bonds. The van der Waals surface area contributed by atoms with E-state index >= 15 is 0 Å². The van der Waals surface area contributed by atoms with E-state index in [2.05, 4.69) is 10.6 Å². The zero-order chi connectivity index (χ0) is 16.0. The van der Waals surface area contributed by atoms with Gasteiger partial charge >= 0.3 is 6.03 Å². The Bertz CT molecular complexity index is 512. The van der Waals surface area contributed by atoms with Crippen molar-refractivity contribution in [2.24, 2.45) is 0 Å². The van der Waals surface area contributed by atoms with Gasteiger partial charge in [-0.1, -0.05) is 29.8 Å². The van der Waals surface area contributed by atoms with Gasteiger partial charge < -0.3 is 5.32 Å². The molecule has 0 aliphatic heterocycles. The second kappa shape index (κ2) is 7.43. The summed E-state index contributed by atoms with van der Waals surface area (Å²) in [6.07, 6.45) is 0. The fourth-order valence-corrected chi connectivity index (χ4v) is 1.95. The number of carbonyl (C=O) groups excluding carboxylic acids is 2. The van der Waals surface area contributed by atoms with Crippen LogP contribution in [0.4, 0.5) is 4.79 Å². The van der Waals surface area contributed by atoms with Gasteiger partial charge in [-0.05, 0) is 39.4 Å². The summed E-state index contributed by atoms with van der Waals surface area (Å²) >= 11 is 6.07. The normalized spacial score (nSPS) is 11.3. The first-order valence-corrected chi connectivity index (χ1v) is 7.09. The highest BCUT2D eigenvalue weighted by atomic mass is 35.5. The number of nitrogens with one attached hydrogen (secondary N) is 2. The van der Waals surface area contributed by atoms with E-state index in [9.17, 15) is 9.59 Å². The second-order valence-corrected chi connectivity index (χ2v) is 6.42. The lowest BCUT2D eigenvalue weighted by Crippen LogP contribution is -2.50. The molecule has 5 nitrogen and oxygen atoms in total. The number of hydrogen-bond donors (Lipinski definition) is 2. The third-order valence-electron chi connectivity index (χ3n) is 2.55. The molecule has 2 N–H and O–H groups in total. The number of nitrogens with zero attached hydrogens (tertiary/aromatic N) is 1. The van der Waals surface area contributed by atoms with Gasteiger partial charge in [0.15, 0.2) is 0 Å². The predicted molar refractivity (Wildman–Crippen MR) is 84.2 cm³/mol. The summed E-state index contributed by atoms with van der Waals surface area (Å²) in [6, 6.07) is 6.98. The molecule has 0 saturated heterocycles. The lowest BCUT2D eigenvalue weighted by Gasteiger charge is -2.21. The number of amides is 3. The number of hydrogen-bond acceptors (Lipinski definition) is 3. The number of urea groups is 1. The van der Waals surface area contributed by atoms with Gasteiger partial charge in [-0.3, -0.25) is 15.0 Å². The molecule has 1 aromatic rings. The van der Waals surface area contributed by atoms with Crippen molar-refractivity contribution < 1.29 is 9.59 Å². The highest BCUT2D eigenvalue weighted by Gasteiger charge is 2.16. The van der Waals surface area contributed by atoms with Gasteiger partial charge in [0.1, 0.15) is 0 Å². The van der Waals surface area contributed by atoms with Crippen LogP contribution in [0.3, 0.4) is 0 Å². The summed E-state index contributed by atoms with van der Waals surface area (Å²) in [5, 5.41) is 5.64. The molecular weight excluding hydrogens is 290 g/mol. The van der Waals surface area contributed by atoms with Crippen molar-refractivity contribution in [2.45, 2.75) is 32.9 Å². The molecule has 0 unspecified atom stereocenters. The molecule has 21 heavy (non-hydrogen) atoms. The molecule has 0 spiro atoms. The van der Waals surface area contributed by atoms with Crippen molar-refractivity contribution >= 4 is 23.5 Å². The van der Waals surface area contributed by atoms with Crippen LogP contribution in [0.15, 0.2) is 24.3 Å². The van der Waals surface area contributed by atoms with Gasteiger partial charge in [-0.2, -0.15) is 0 Å². The molecule has 1 rings (SSSR count). The summed E-state index contributed by atoms with van der Waals surface area (Å²) < 4.78 is 0. The maximum absolute atomic E-state index is 11.8. The Balaban J connectivity index is 2.44. The van der Waals surface area contributed by atoms with Crippen molar-refractivity contribution in [1.82, 2.24) is 15.5 Å². The standard InChI is InChI=1S/C15H22ClN3O2/c1-15(2,3)18-14(21)17-13(20)10-19(4)9-11-7-5-6-8-12(11)16/h5-8H,9-10H2,1-4H3,(H2,17,18,20,21). The lowest BCUT2D eigenvalue weighted by atomic mass is 10.1. The SMILES string of the molecule is CN(CC(=O)NC(=O)NC(C)(C)C)Cc1ccccc1Cl. The van der Waals surface area contributed by atoms with Crippen LogP contribution < -0.4 is 10.6 Å². The molecule has 0 aliphatic carbocycles. The topological polar surface area (TPSA) is 61.4 Å². The molecule has 0 radical (unpaired) electrons. The average Bonchev–Trinajstić information content (AvgIpc) is 2.28. The van der Waals surface area contributed by atoms with E-state index in [0.717, 1.165) is 5.56 Å². The molecule has 0 saturated carbocycles. The molecule has 0 heterocycles. The third kappa shape index (κ3) is 7.11. The van der Waals surface area contributed by atoms with Gasteiger partial charge in [-0.15, -0.1) is 0 Å². The van der Waals surface area contributed by atoms with Crippen LogP contribution in [0.1, 0.15) is 26.3 Å². The van der Waals surface area contributed by atoms with Crippen LogP contribution in [0, 0.1) is 0 Å². The number of imide groups is 1. The Kier molecular flexibility index (Phi) is 6.18. The van der Waals surface area contributed by atoms with Crippen LogP contribution in [0.2, 0.25) is 5.02 Å². The molecule has 1 aromatic carbocycles. The van der Waals surface area contributed by atoms with E-state index < -0.39 is 6.03 Å². The van der Waals surface area contributed by atoms with Crippen LogP contribution in [0.25, 0.3) is 0 Å². The summed E-state index contributed by atoms with van der Waals surface area (Å²) in [5.74, 6) is -0.355. The van der Waals surface area contributed by atoms with E-state index in [1.807, 2.05) is 45.0 Å². The summed E-state index contributed by atoms with van der Waals surface area (Å²) in [5.41, 5.74) is 0.557. The third-order valence-corrected chi connectivity index (χ3v) is 2.92. The zero-order valence-electron chi connectivity index (χ0n) is 12.9. The van der Waals surface area contributed by atoms with Crippen LogP contribution in [-0.2, 0) is 11.3 Å². The fraction of sp³-hybridized carbons (Fsp3) is 0.467. The summed E-state index contributed by atoms with van der Waals surface area (Å²) in [7, 11) is 1.80. The van der Waals surface area contributed by atoms with Gasteiger partial charge in [0.2, 0.25) is 5.91 Å². The molecule has 6 heteroatoms. The zero-order valence-corrected chi connectivity index (χ0v) is 13.6. The highest BCUT2D eigenvalue weighted by molar-refractivity contribution is 6.31. The van der Waals surface area contributed by atoms with Gasteiger partial charge in [-0.25, -0.2) is 4.79 Å². The van der Waals surface area contributed by atoms with Crippen LogP contribution in [0.5, 0.6) is 0 Å². The van der Waals surface area contributed by atoms with Gasteiger partial charge in [0.25, 0.3) is 0 Å². The lowest BCUT2D eigenvalue weighted by molar-refractivity contribution is -0.121. The number of halogens is 1. The summed E-state index contributed by atoms with van der Waals surface area (Å²) in [6.45, 7) is 6.19. The molecule has 0 aliphatic rings.